The maximum Gasteiger partial charge on any atom is 0.255 e. The summed E-state index contributed by atoms with van der Waals surface area (Å²) >= 11 is 0. The SMILES string of the molecule is Cc1cc(F)ccc1C(=O)Nc1ccccc1C(C)C. The fourth-order valence-electron chi connectivity index (χ4n) is 2.19. The van der Waals surface area contributed by atoms with Crippen molar-refractivity contribution in [1.29, 1.82) is 0 Å². The van der Waals surface area contributed by atoms with Crippen molar-refractivity contribution in [3.05, 3.63) is 65.0 Å². The molecule has 0 aromatic heterocycles. The fourth-order valence-corrected chi connectivity index (χ4v) is 2.19. The molecular formula is C17H18FNO. The molecule has 0 saturated heterocycles. The van der Waals surface area contributed by atoms with Gasteiger partial charge in [-0.1, -0.05) is 32.0 Å². The Hall–Kier alpha value is -2.16. The summed E-state index contributed by atoms with van der Waals surface area (Å²) < 4.78 is 13.1. The zero-order chi connectivity index (χ0) is 14.7. The Balaban J connectivity index is 2.28. The molecule has 0 aliphatic rings. The molecule has 0 heterocycles. The predicted molar refractivity (Wildman–Crippen MR) is 79.6 cm³/mol. The molecular weight excluding hydrogens is 253 g/mol. The molecule has 1 amide bonds. The van der Waals surface area contributed by atoms with Crippen molar-refractivity contribution in [2.45, 2.75) is 26.7 Å². The number of carbonyl (C=O) groups excluding carboxylic acids is 1. The molecule has 2 rings (SSSR count). The Morgan fingerprint density at radius 3 is 2.50 bits per heavy atom. The number of hydrogen-bond acceptors (Lipinski definition) is 1. The lowest BCUT2D eigenvalue weighted by Gasteiger charge is -2.14. The monoisotopic (exact) mass is 271 g/mol. The van der Waals surface area contributed by atoms with Gasteiger partial charge in [-0.05, 0) is 48.2 Å². The van der Waals surface area contributed by atoms with E-state index in [4.69, 9.17) is 0 Å². The second-order valence-electron chi connectivity index (χ2n) is 5.16. The molecule has 2 aromatic rings. The highest BCUT2D eigenvalue weighted by atomic mass is 19.1. The second-order valence-corrected chi connectivity index (χ2v) is 5.16. The number of rotatable bonds is 3. The summed E-state index contributed by atoms with van der Waals surface area (Å²) in [5.74, 6) is -0.224. The van der Waals surface area contributed by atoms with Crippen LogP contribution in [0.2, 0.25) is 0 Å². The standard InChI is InChI=1S/C17H18FNO/c1-11(2)14-6-4-5-7-16(14)19-17(20)15-9-8-13(18)10-12(15)3/h4-11H,1-3H3,(H,19,20). The van der Waals surface area contributed by atoms with Crippen molar-refractivity contribution in [3.8, 4) is 0 Å². The molecule has 104 valence electrons. The minimum atomic E-state index is -0.332. The third-order valence-electron chi connectivity index (χ3n) is 3.26. The van der Waals surface area contributed by atoms with Crippen LogP contribution in [0.5, 0.6) is 0 Å². The summed E-state index contributed by atoms with van der Waals surface area (Å²) in [6.45, 7) is 5.88. The van der Waals surface area contributed by atoms with Crippen molar-refractivity contribution in [1.82, 2.24) is 0 Å². The normalized spacial score (nSPS) is 10.7. The van der Waals surface area contributed by atoms with Crippen LogP contribution in [0.3, 0.4) is 0 Å². The molecule has 0 bridgehead atoms. The quantitative estimate of drug-likeness (QED) is 0.874. The van der Waals surface area contributed by atoms with Crippen molar-refractivity contribution in [2.75, 3.05) is 5.32 Å². The maximum atomic E-state index is 13.1. The minimum Gasteiger partial charge on any atom is -0.322 e. The van der Waals surface area contributed by atoms with Crippen LogP contribution in [0, 0.1) is 12.7 Å². The number of nitrogens with one attached hydrogen (secondary N) is 1. The molecule has 0 aliphatic carbocycles. The number of aryl methyl sites for hydroxylation is 1. The Morgan fingerprint density at radius 1 is 1.15 bits per heavy atom. The van der Waals surface area contributed by atoms with E-state index in [2.05, 4.69) is 19.2 Å². The number of benzene rings is 2. The Morgan fingerprint density at radius 2 is 1.85 bits per heavy atom. The van der Waals surface area contributed by atoms with E-state index in [1.165, 1.54) is 18.2 Å². The Bertz CT molecular complexity index is 635. The van der Waals surface area contributed by atoms with Gasteiger partial charge in [-0.25, -0.2) is 4.39 Å². The van der Waals surface area contributed by atoms with Gasteiger partial charge in [-0.15, -0.1) is 0 Å². The first-order chi connectivity index (χ1) is 9.49. The topological polar surface area (TPSA) is 29.1 Å². The van der Waals surface area contributed by atoms with E-state index in [0.29, 0.717) is 17.0 Å². The van der Waals surface area contributed by atoms with Crippen LogP contribution in [0.1, 0.15) is 41.3 Å². The zero-order valence-corrected chi connectivity index (χ0v) is 11.9. The largest absolute Gasteiger partial charge is 0.322 e. The summed E-state index contributed by atoms with van der Waals surface area (Å²) in [5.41, 5.74) is 3.01. The first kappa shape index (κ1) is 14.3. The van der Waals surface area contributed by atoms with Gasteiger partial charge in [0.15, 0.2) is 0 Å². The van der Waals surface area contributed by atoms with E-state index in [-0.39, 0.29) is 11.7 Å². The van der Waals surface area contributed by atoms with E-state index < -0.39 is 0 Å². The van der Waals surface area contributed by atoms with Crippen molar-refractivity contribution in [3.63, 3.8) is 0 Å². The van der Waals surface area contributed by atoms with Crippen LogP contribution < -0.4 is 5.32 Å². The molecule has 0 atom stereocenters. The molecule has 1 N–H and O–H groups in total. The van der Waals surface area contributed by atoms with Gasteiger partial charge in [0.05, 0.1) is 0 Å². The van der Waals surface area contributed by atoms with Crippen molar-refractivity contribution >= 4 is 11.6 Å². The molecule has 3 heteroatoms. The van der Waals surface area contributed by atoms with Gasteiger partial charge < -0.3 is 5.32 Å². The molecule has 0 fully saturated rings. The summed E-state index contributed by atoms with van der Waals surface area (Å²) in [5, 5.41) is 2.91. The number of hydrogen-bond donors (Lipinski definition) is 1. The molecule has 0 spiro atoms. The highest BCUT2D eigenvalue weighted by Gasteiger charge is 2.13. The average Bonchev–Trinajstić information content (AvgIpc) is 2.38. The summed E-state index contributed by atoms with van der Waals surface area (Å²) in [7, 11) is 0. The lowest BCUT2D eigenvalue weighted by atomic mass is 10.0. The highest BCUT2D eigenvalue weighted by molar-refractivity contribution is 6.05. The van der Waals surface area contributed by atoms with Gasteiger partial charge >= 0.3 is 0 Å². The van der Waals surface area contributed by atoms with Gasteiger partial charge in [0.1, 0.15) is 5.82 Å². The molecule has 20 heavy (non-hydrogen) atoms. The maximum absolute atomic E-state index is 13.1. The van der Waals surface area contributed by atoms with Gasteiger partial charge in [0.2, 0.25) is 0 Å². The number of para-hydroxylation sites is 1. The zero-order valence-electron chi connectivity index (χ0n) is 11.9. The average molecular weight is 271 g/mol. The third kappa shape index (κ3) is 3.05. The third-order valence-corrected chi connectivity index (χ3v) is 3.26. The minimum absolute atomic E-state index is 0.212. The first-order valence-corrected chi connectivity index (χ1v) is 6.65. The molecule has 0 radical (unpaired) electrons. The number of amides is 1. The van der Waals surface area contributed by atoms with Crippen LogP contribution in [0.15, 0.2) is 42.5 Å². The van der Waals surface area contributed by atoms with Crippen molar-refractivity contribution in [2.24, 2.45) is 0 Å². The van der Waals surface area contributed by atoms with E-state index >= 15 is 0 Å². The summed E-state index contributed by atoms with van der Waals surface area (Å²) in [6, 6.07) is 11.9. The summed E-state index contributed by atoms with van der Waals surface area (Å²) in [4.78, 5) is 12.3. The molecule has 0 aliphatic heterocycles. The number of anilines is 1. The van der Waals surface area contributed by atoms with Gasteiger partial charge in [-0.2, -0.15) is 0 Å². The predicted octanol–water partition coefficient (Wildman–Crippen LogP) is 4.51. The number of carbonyl (C=O) groups is 1. The molecule has 2 aromatic carbocycles. The Labute approximate surface area is 118 Å². The molecule has 0 saturated carbocycles. The lowest BCUT2D eigenvalue weighted by molar-refractivity contribution is 0.102. The van der Waals surface area contributed by atoms with Gasteiger partial charge in [0.25, 0.3) is 5.91 Å². The Kier molecular flexibility index (Phi) is 4.18. The van der Waals surface area contributed by atoms with Crippen LogP contribution in [-0.4, -0.2) is 5.91 Å². The number of halogens is 1. The lowest BCUT2D eigenvalue weighted by Crippen LogP contribution is -2.15. The van der Waals surface area contributed by atoms with Crippen LogP contribution in [0.25, 0.3) is 0 Å². The van der Waals surface area contributed by atoms with Gasteiger partial charge in [0, 0.05) is 11.3 Å². The van der Waals surface area contributed by atoms with E-state index in [9.17, 15) is 9.18 Å². The van der Waals surface area contributed by atoms with E-state index in [0.717, 1.165) is 11.3 Å². The highest BCUT2D eigenvalue weighted by Crippen LogP contribution is 2.24. The van der Waals surface area contributed by atoms with Gasteiger partial charge in [-0.3, -0.25) is 4.79 Å². The van der Waals surface area contributed by atoms with E-state index in [1.54, 1.807) is 6.92 Å². The van der Waals surface area contributed by atoms with Crippen LogP contribution in [0.4, 0.5) is 10.1 Å². The summed E-state index contributed by atoms with van der Waals surface area (Å²) in [6.07, 6.45) is 0. The smallest absolute Gasteiger partial charge is 0.255 e. The van der Waals surface area contributed by atoms with Crippen molar-refractivity contribution < 1.29 is 9.18 Å². The first-order valence-electron chi connectivity index (χ1n) is 6.65. The second kappa shape index (κ2) is 5.87. The molecule has 2 nitrogen and oxygen atoms in total. The molecule has 0 unspecified atom stereocenters. The fraction of sp³-hybridized carbons (Fsp3) is 0.235. The van der Waals surface area contributed by atoms with Crippen LogP contribution in [-0.2, 0) is 0 Å². The van der Waals surface area contributed by atoms with E-state index in [1.807, 2.05) is 24.3 Å². The van der Waals surface area contributed by atoms with Crippen LogP contribution >= 0.6 is 0 Å².